The number of benzene rings is 1. The highest BCUT2D eigenvalue weighted by Crippen LogP contribution is 2.36. The number of aliphatic hydroxyl groups is 1. The summed E-state index contributed by atoms with van der Waals surface area (Å²) < 4.78 is 0. The fourth-order valence-electron chi connectivity index (χ4n) is 1.87. The molecule has 0 aromatic heterocycles. The van der Waals surface area contributed by atoms with Crippen LogP contribution in [0.4, 0.5) is 0 Å². The van der Waals surface area contributed by atoms with Crippen LogP contribution in [0, 0.1) is 16.7 Å². The summed E-state index contributed by atoms with van der Waals surface area (Å²) >= 11 is 0. The number of hydrogen-bond donors (Lipinski definition) is 1. The van der Waals surface area contributed by atoms with Crippen LogP contribution in [0.15, 0.2) is 24.3 Å². The molecule has 0 fully saturated rings. The summed E-state index contributed by atoms with van der Waals surface area (Å²) in [5, 5.41) is 19.5. The Kier molecular flexibility index (Phi) is 4.19. The van der Waals surface area contributed by atoms with Crippen molar-refractivity contribution in [3.05, 3.63) is 35.4 Å². The Labute approximate surface area is 110 Å². The summed E-state index contributed by atoms with van der Waals surface area (Å²) in [7, 11) is 0. The molecule has 1 N–H and O–H groups in total. The Bertz CT molecular complexity index is 436. The fourth-order valence-corrected chi connectivity index (χ4v) is 1.87. The van der Waals surface area contributed by atoms with Crippen molar-refractivity contribution >= 4 is 0 Å². The van der Waals surface area contributed by atoms with E-state index >= 15 is 0 Å². The monoisotopic (exact) mass is 245 g/mol. The zero-order valence-electron chi connectivity index (χ0n) is 12.0. The minimum atomic E-state index is -0.735. The zero-order chi connectivity index (χ0) is 14.0. The topological polar surface area (TPSA) is 44.0 Å². The Hall–Kier alpha value is -1.33. The van der Waals surface area contributed by atoms with Crippen molar-refractivity contribution in [1.29, 1.82) is 5.26 Å². The van der Waals surface area contributed by atoms with Crippen LogP contribution in [0.1, 0.15) is 58.3 Å². The van der Waals surface area contributed by atoms with Gasteiger partial charge in [-0.2, -0.15) is 5.26 Å². The van der Waals surface area contributed by atoms with Crippen molar-refractivity contribution in [2.24, 2.45) is 5.41 Å². The van der Waals surface area contributed by atoms with Crippen LogP contribution in [-0.4, -0.2) is 5.11 Å². The van der Waals surface area contributed by atoms with E-state index in [0.717, 1.165) is 5.56 Å². The normalized spacial score (nSPS) is 16.7. The highest BCUT2D eigenvalue weighted by Gasteiger charge is 2.32. The molecule has 0 amide bonds. The third-order valence-electron chi connectivity index (χ3n) is 3.69. The van der Waals surface area contributed by atoms with Crippen molar-refractivity contribution in [3.8, 4) is 6.07 Å². The summed E-state index contributed by atoms with van der Waals surface area (Å²) in [4.78, 5) is 0. The first-order chi connectivity index (χ1) is 8.24. The van der Waals surface area contributed by atoms with Crippen LogP contribution in [0.2, 0.25) is 0 Å². The largest absolute Gasteiger partial charge is 0.387 e. The molecule has 0 bridgehead atoms. The van der Waals surface area contributed by atoms with Crippen LogP contribution >= 0.6 is 0 Å². The molecule has 0 saturated carbocycles. The predicted molar refractivity (Wildman–Crippen MR) is 74.1 cm³/mol. The lowest BCUT2D eigenvalue weighted by Gasteiger charge is -2.27. The van der Waals surface area contributed by atoms with E-state index in [2.05, 4.69) is 26.8 Å². The van der Waals surface area contributed by atoms with Gasteiger partial charge in [0.15, 0.2) is 0 Å². The van der Waals surface area contributed by atoms with Gasteiger partial charge >= 0.3 is 0 Å². The maximum Gasteiger partial charge on any atom is 0.0973 e. The highest BCUT2D eigenvalue weighted by molar-refractivity contribution is 5.30. The molecule has 2 nitrogen and oxygen atoms in total. The molecule has 0 saturated heterocycles. The average Bonchev–Trinajstić information content (AvgIpc) is 2.36. The Morgan fingerprint density at radius 1 is 1.17 bits per heavy atom. The number of rotatable bonds is 3. The maximum absolute atomic E-state index is 10.3. The van der Waals surface area contributed by atoms with E-state index < -0.39 is 11.5 Å². The van der Waals surface area contributed by atoms with Gasteiger partial charge in [-0.1, -0.05) is 52.0 Å². The van der Waals surface area contributed by atoms with Gasteiger partial charge in [0.05, 0.1) is 17.6 Å². The molecule has 98 valence electrons. The molecule has 0 heterocycles. The zero-order valence-corrected chi connectivity index (χ0v) is 12.0. The molecular formula is C16H23NO. The summed E-state index contributed by atoms with van der Waals surface area (Å²) in [5.74, 6) is 0. The molecular weight excluding hydrogens is 222 g/mol. The van der Waals surface area contributed by atoms with Gasteiger partial charge in [0.2, 0.25) is 0 Å². The quantitative estimate of drug-likeness (QED) is 0.876. The van der Waals surface area contributed by atoms with Gasteiger partial charge in [0.25, 0.3) is 0 Å². The minimum absolute atomic E-state index is 0.104. The van der Waals surface area contributed by atoms with Gasteiger partial charge in [-0.25, -0.2) is 0 Å². The number of nitriles is 1. The van der Waals surface area contributed by atoms with E-state index in [1.807, 2.05) is 31.2 Å². The van der Waals surface area contributed by atoms with Crippen LogP contribution in [-0.2, 0) is 5.41 Å². The third kappa shape index (κ3) is 2.91. The maximum atomic E-state index is 10.3. The van der Waals surface area contributed by atoms with Gasteiger partial charge in [0, 0.05) is 0 Å². The summed E-state index contributed by atoms with van der Waals surface area (Å²) in [5.41, 5.74) is 1.43. The number of nitrogens with zero attached hydrogens (tertiary/aromatic N) is 1. The molecule has 1 aromatic rings. The smallest absolute Gasteiger partial charge is 0.0973 e. The molecule has 0 spiro atoms. The second-order valence-electron chi connectivity index (χ2n) is 6.16. The van der Waals surface area contributed by atoms with Crippen LogP contribution in [0.3, 0.4) is 0 Å². The SMILES string of the molecule is CCC(C)(C#N)C(O)c1ccc(C(C)(C)C)cc1. The summed E-state index contributed by atoms with van der Waals surface area (Å²) in [6, 6.07) is 10.1. The van der Waals surface area contributed by atoms with Gasteiger partial charge in [-0.3, -0.25) is 0 Å². The molecule has 2 atom stereocenters. The van der Waals surface area contributed by atoms with Crippen molar-refractivity contribution in [1.82, 2.24) is 0 Å². The third-order valence-corrected chi connectivity index (χ3v) is 3.69. The van der Waals surface area contributed by atoms with Crippen molar-refractivity contribution in [3.63, 3.8) is 0 Å². The molecule has 0 aliphatic rings. The molecule has 0 aliphatic carbocycles. The number of hydrogen-bond acceptors (Lipinski definition) is 2. The first-order valence-corrected chi connectivity index (χ1v) is 6.44. The Morgan fingerprint density at radius 2 is 1.67 bits per heavy atom. The highest BCUT2D eigenvalue weighted by atomic mass is 16.3. The van der Waals surface area contributed by atoms with Gasteiger partial charge in [0.1, 0.15) is 0 Å². The summed E-state index contributed by atoms with van der Waals surface area (Å²) in [6.07, 6.45) is -0.104. The molecule has 1 aromatic carbocycles. The van der Waals surface area contributed by atoms with Gasteiger partial charge in [-0.05, 0) is 29.9 Å². The summed E-state index contributed by atoms with van der Waals surface area (Å²) in [6.45, 7) is 10.2. The lowest BCUT2D eigenvalue weighted by atomic mass is 9.79. The lowest BCUT2D eigenvalue weighted by molar-refractivity contribution is 0.0722. The van der Waals surface area contributed by atoms with Crippen LogP contribution < -0.4 is 0 Å². The van der Waals surface area contributed by atoms with E-state index in [0.29, 0.717) is 6.42 Å². The predicted octanol–water partition coefficient (Wildman–Crippen LogP) is 3.96. The molecule has 0 radical (unpaired) electrons. The van der Waals surface area contributed by atoms with E-state index in [-0.39, 0.29) is 5.41 Å². The van der Waals surface area contributed by atoms with Crippen molar-refractivity contribution in [2.45, 2.75) is 52.6 Å². The van der Waals surface area contributed by atoms with Crippen LogP contribution in [0.5, 0.6) is 0 Å². The molecule has 2 unspecified atom stereocenters. The van der Waals surface area contributed by atoms with E-state index in [1.165, 1.54) is 5.56 Å². The molecule has 1 rings (SSSR count). The second kappa shape index (κ2) is 5.12. The fraction of sp³-hybridized carbons (Fsp3) is 0.562. The average molecular weight is 245 g/mol. The van der Waals surface area contributed by atoms with Gasteiger partial charge in [-0.15, -0.1) is 0 Å². The molecule has 2 heteroatoms. The Balaban J connectivity index is 3.03. The second-order valence-corrected chi connectivity index (χ2v) is 6.16. The lowest BCUT2D eigenvalue weighted by Crippen LogP contribution is -2.23. The standard InChI is InChI=1S/C16H23NO/c1-6-16(5,11-17)14(18)12-7-9-13(10-8-12)15(2,3)4/h7-10,14,18H,6H2,1-5H3. The first-order valence-electron chi connectivity index (χ1n) is 6.44. The van der Waals surface area contributed by atoms with Gasteiger partial charge < -0.3 is 5.11 Å². The molecule has 0 aliphatic heterocycles. The van der Waals surface area contributed by atoms with E-state index in [1.54, 1.807) is 6.92 Å². The Morgan fingerprint density at radius 3 is 2.00 bits per heavy atom. The number of aliphatic hydroxyl groups excluding tert-OH is 1. The van der Waals surface area contributed by atoms with E-state index in [9.17, 15) is 10.4 Å². The van der Waals surface area contributed by atoms with Crippen LogP contribution in [0.25, 0.3) is 0 Å². The minimum Gasteiger partial charge on any atom is -0.387 e. The first kappa shape index (κ1) is 14.7. The molecule has 18 heavy (non-hydrogen) atoms. The van der Waals surface area contributed by atoms with Crippen molar-refractivity contribution in [2.75, 3.05) is 0 Å². The van der Waals surface area contributed by atoms with E-state index in [4.69, 9.17) is 0 Å². The van der Waals surface area contributed by atoms with Crippen molar-refractivity contribution < 1.29 is 5.11 Å².